The van der Waals surface area contributed by atoms with E-state index >= 15 is 0 Å². The number of hydrogen-bond donors (Lipinski definition) is 0. The maximum atomic E-state index is 11.5. The molecule has 0 radical (unpaired) electrons. The molecular formula is C10H10N3O-. The molecule has 2 rings (SSSR count). The second-order valence-electron chi connectivity index (χ2n) is 3.18. The van der Waals surface area contributed by atoms with E-state index in [2.05, 4.69) is 10.1 Å². The fourth-order valence-corrected chi connectivity index (χ4v) is 1.41. The predicted octanol–water partition coefficient (Wildman–Crippen LogP) is 0.958. The molecule has 0 aliphatic carbocycles. The molecule has 0 aromatic carbocycles. The predicted molar refractivity (Wildman–Crippen MR) is 50.3 cm³/mol. The van der Waals surface area contributed by atoms with Crippen LogP contribution in [0, 0.1) is 13.8 Å². The number of nitrogens with zero attached hydrogens (tertiary/aromatic N) is 3. The molecule has 2 heterocycles. The van der Waals surface area contributed by atoms with Gasteiger partial charge >= 0.3 is 0 Å². The van der Waals surface area contributed by atoms with Crippen LogP contribution in [0.5, 0.6) is 5.75 Å². The van der Waals surface area contributed by atoms with Gasteiger partial charge in [0, 0.05) is 11.9 Å². The number of hydrogen-bond acceptors (Lipinski definition) is 3. The summed E-state index contributed by atoms with van der Waals surface area (Å²) in [5, 5.41) is 15.7. The van der Waals surface area contributed by atoms with E-state index in [9.17, 15) is 5.11 Å². The summed E-state index contributed by atoms with van der Waals surface area (Å²) in [5.74, 6) is -0.0637. The highest BCUT2D eigenvalue weighted by atomic mass is 16.3. The molecule has 0 aliphatic heterocycles. The molecule has 2 aromatic heterocycles. The minimum absolute atomic E-state index is 0.0637. The summed E-state index contributed by atoms with van der Waals surface area (Å²) in [4.78, 5) is 3.91. The lowest BCUT2D eigenvalue weighted by Gasteiger charge is -2.12. The van der Waals surface area contributed by atoms with Crippen LogP contribution in [-0.2, 0) is 0 Å². The molecule has 0 atom stereocenters. The fourth-order valence-electron chi connectivity index (χ4n) is 1.41. The van der Waals surface area contributed by atoms with Gasteiger partial charge in [-0.05, 0) is 26.0 Å². The Bertz CT molecular complexity index is 462. The Morgan fingerprint density at radius 3 is 2.71 bits per heavy atom. The molecule has 0 aliphatic rings. The summed E-state index contributed by atoms with van der Waals surface area (Å²) in [7, 11) is 0. The Kier molecular flexibility index (Phi) is 1.96. The molecule has 0 amide bonds. The zero-order chi connectivity index (χ0) is 10.1. The molecule has 4 nitrogen and oxygen atoms in total. The van der Waals surface area contributed by atoms with Crippen molar-refractivity contribution in [2.45, 2.75) is 13.8 Å². The first-order valence-electron chi connectivity index (χ1n) is 4.33. The first kappa shape index (κ1) is 8.74. The van der Waals surface area contributed by atoms with Crippen molar-refractivity contribution >= 4 is 0 Å². The van der Waals surface area contributed by atoms with Gasteiger partial charge in [0.05, 0.1) is 17.6 Å². The molecular weight excluding hydrogens is 178 g/mol. The second kappa shape index (κ2) is 3.14. The molecule has 0 bridgehead atoms. The van der Waals surface area contributed by atoms with Crippen LogP contribution in [0.3, 0.4) is 0 Å². The van der Waals surface area contributed by atoms with Gasteiger partial charge in [0.2, 0.25) is 0 Å². The van der Waals surface area contributed by atoms with Crippen LogP contribution < -0.4 is 5.11 Å². The van der Waals surface area contributed by atoms with Crippen molar-refractivity contribution in [2.24, 2.45) is 0 Å². The van der Waals surface area contributed by atoms with Crippen molar-refractivity contribution in [3.05, 3.63) is 35.9 Å². The van der Waals surface area contributed by atoms with E-state index in [4.69, 9.17) is 0 Å². The number of aromatic nitrogens is 3. The Hall–Kier alpha value is -1.84. The zero-order valence-electron chi connectivity index (χ0n) is 8.06. The van der Waals surface area contributed by atoms with Gasteiger partial charge in [-0.15, -0.1) is 0 Å². The van der Waals surface area contributed by atoms with Crippen LogP contribution in [0.4, 0.5) is 0 Å². The third-order valence-electron chi connectivity index (χ3n) is 2.00. The van der Waals surface area contributed by atoms with Gasteiger partial charge in [0.25, 0.3) is 0 Å². The van der Waals surface area contributed by atoms with Gasteiger partial charge in [0.1, 0.15) is 0 Å². The van der Waals surface area contributed by atoms with E-state index in [1.165, 1.54) is 18.5 Å². The molecule has 0 saturated heterocycles. The quantitative estimate of drug-likeness (QED) is 0.669. The highest BCUT2D eigenvalue weighted by Gasteiger charge is 2.03. The highest BCUT2D eigenvalue weighted by molar-refractivity contribution is 5.42. The summed E-state index contributed by atoms with van der Waals surface area (Å²) in [5.41, 5.74) is 2.33. The van der Waals surface area contributed by atoms with E-state index < -0.39 is 0 Å². The molecule has 4 heteroatoms. The summed E-state index contributed by atoms with van der Waals surface area (Å²) in [6.45, 7) is 3.80. The zero-order valence-corrected chi connectivity index (χ0v) is 8.06. The molecule has 0 spiro atoms. The summed E-state index contributed by atoms with van der Waals surface area (Å²) in [6.07, 6.45) is 3.01. The normalized spacial score (nSPS) is 10.4. The van der Waals surface area contributed by atoms with Crippen molar-refractivity contribution in [2.75, 3.05) is 0 Å². The SMILES string of the molecule is Cc1cc(C)n(-c2cnccc2[O-])n1. The monoisotopic (exact) mass is 188 g/mol. The lowest BCUT2D eigenvalue weighted by molar-refractivity contribution is -0.268. The first-order chi connectivity index (χ1) is 6.68. The van der Waals surface area contributed by atoms with Crippen LogP contribution in [0.2, 0.25) is 0 Å². The lowest BCUT2D eigenvalue weighted by atomic mass is 10.3. The smallest absolute Gasteiger partial charge is 0.0753 e. The van der Waals surface area contributed by atoms with Crippen LogP contribution in [0.25, 0.3) is 5.69 Å². The molecule has 2 aromatic rings. The highest BCUT2D eigenvalue weighted by Crippen LogP contribution is 2.17. The van der Waals surface area contributed by atoms with E-state index in [0.717, 1.165) is 11.4 Å². The molecule has 72 valence electrons. The van der Waals surface area contributed by atoms with Gasteiger partial charge in [-0.2, -0.15) is 5.10 Å². The lowest BCUT2D eigenvalue weighted by Crippen LogP contribution is -2.04. The Morgan fingerprint density at radius 1 is 1.36 bits per heavy atom. The minimum atomic E-state index is -0.0637. The van der Waals surface area contributed by atoms with Gasteiger partial charge in [-0.1, -0.05) is 5.75 Å². The third-order valence-corrected chi connectivity index (χ3v) is 2.00. The van der Waals surface area contributed by atoms with Crippen LogP contribution >= 0.6 is 0 Å². The van der Waals surface area contributed by atoms with E-state index in [1.54, 1.807) is 4.68 Å². The van der Waals surface area contributed by atoms with Gasteiger partial charge < -0.3 is 5.11 Å². The van der Waals surface area contributed by atoms with E-state index in [-0.39, 0.29) is 5.75 Å². The van der Waals surface area contributed by atoms with Gasteiger partial charge in [-0.3, -0.25) is 4.98 Å². The topological polar surface area (TPSA) is 53.8 Å². The molecule has 14 heavy (non-hydrogen) atoms. The van der Waals surface area contributed by atoms with Crippen LogP contribution in [0.1, 0.15) is 11.4 Å². The number of aryl methyl sites for hydroxylation is 2. The molecule has 0 saturated carbocycles. The first-order valence-corrected chi connectivity index (χ1v) is 4.33. The largest absolute Gasteiger partial charge is 0.871 e. The van der Waals surface area contributed by atoms with Crippen molar-refractivity contribution < 1.29 is 5.11 Å². The van der Waals surface area contributed by atoms with Crippen molar-refractivity contribution in [3.63, 3.8) is 0 Å². The number of pyridine rings is 1. The summed E-state index contributed by atoms with van der Waals surface area (Å²) >= 11 is 0. The third kappa shape index (κ3) is 1.35. The van der Waals surface area contributed by atoms with Crippen molar-refractivity contribution in [3.8, 4) is 11.4 Å². The average molecular weight is 188 g/mol. The maximum absolute atomic E-state index is 11.5. The maximum Gasteiger partial charge on any atom is 0.0753 e. The Balaban J connectivity index is 2.60. The molecule has 0 unspecified atom stereocenters. The Morgan fingerprint density at radius 2 is 2.14 bits per heavy atom. The molecule has 0 N–H and O–H groups in total. The fraction of sp³-hybridized carbons (Fsp3) is 0.200. The summed E-state index contributed by atoms with van der Waals surface area (Å²) in [6, 6.07) is 3.36. The number of rotatable bonds is 1. The molecule has 0 fully saturated rings. The minimum Gasteiger partial charge on any atom is -0.871 e. The van der Waals surface area contributed by atoms with E-state index in [0.29, 0.717) is 5.69 Å². The van der Waals surface area contributed by atoms with Crippen LogP contribution in [-0.4, -0.2) is 14.8 Å². The Labute approximate surface area is 81.8 Å². The standard InChI is InChI=1S/C10H11N3O/c1-7-5-8(2)13(12-7)9-6-11-4-3-10(9)14/h3-6H,1-2H3,(H,11,14)/p-1. The van der Waals surface area contributed by atoms with Gasteiger partial charge in [-0.25, -0.2) is 4.68 Å². The average Bonchev–Trinajstić information content (AvgIpc) is 2.46. The van der Waals surface area contributed by atoms with E-state index in [1.807, 2.05) is 19.9 Å². The second-order valence-corrected chi connectivity index (χ2v) is 3.18. The van der Waals surface area contributed by atoms with Crippen LogP contribution in [0.15, 0.2) is 24.5 Å². The van der Waals surface area contributed by atoms with Crippen molar-refractivity contribution in [1.29, 1.82) is 0 Å². The van der Waals surface area contributed by atoms with Gasteiger partial charge in [0.15, 0.2) is 0 Å². The van der Waals surface area contributed by atoms with Crippen molar-refractivity contribution in [1.82, 2.24) is 14.8 Å². The summed E-state index contributed by atoms with van der Waals surface area (Å²) < 4.78 is 1.62.